The molecule has 1 aliphatic heterocycles. The molecule has 1 unspecified atom stereocenters. The van der Waals surface area contributed by atoms with Gasteiger partial charge in [0.05, 0.1) is 17.7 Å². The molecular formula is C24H21N5O3. The Labute approximate surface area is 184 Å². The normalized spacial score (nSPS) is 17.2. The predicted octanol–water partition coefficient (Wildman–Crippen LogP) is 2.72. The molecule has 32 heavy (non-hydrogen) atoms. The molecule has 2 aromatic carbocycles. The fourth-order valence-corrected chi connectivity index (χ4v) is 4.07. The van der Waals surface area contributed by atoms with E-state index in [0.717, 1.165) is 23.7 Å². The van der Waals surface area contributed by atoms with Crippen molar-refractivity contribution in [1.82, 2.24) is 15.2 Å². The molecule has 3 amide bonds. The fourth-order valence-electron chi connectivity index (χ4n) is 4.07. The second-order valence-corrected chi connectivity index (χ2v) is 8.23. The molecule has 0 radical (unpaired) electrons. The average Bonchev–Trinajstić information content (AvgIpc) is 3.52. The molecule has 1 saturated carbocycles. The highest BCUT2D eigenvalue weighted by molar-refractivity contribution is 6.06. The molecule has 1 atom stereocenters. The summed E-state index contributed by atoms with van der Waals surface area (Å²) in [5.41, 5.74) is 2.88. The van der Waals surface area contributed by atoms with E-state index in [-0.39, 0.29) is 23.8 Å². The number of amides is 3. The summed E-state index contributed by atoms with van der Waals surface area (Å²) >= 11 is 0. The number of carbonyl (C=O) groups is 3. The molecule has 160 valence electrons. The van der Waals surface area contributed by atoms with Gasteiger partial charge in [0, 0.05) is 41.2 Å². The van der Waals surface area contributed by atoms with Gasteiger partial charge in [-0.25, -0.2) is 0 Å². The lowest BCUT2D eigenvalue weighted by molar-refractivity contribution is -0.122. The number of fused-ring (bicyclic) bond motifs is 3. The maximum atomic E-state index is 12.6. The third-order valence-corrected chi connectivity index (χ3v) is 5.83. The highest BCUT2D eigenvalue weighted by Crippen LogP contribution is 2.31. The van der Waals surface area contributed by atoms with Crippen molar-refractivity contribution < 1.29 is 14.4 Å². The summed E-state index contributed by atoms with van der Waals surface area (Å²) in [5, 5.41) is 18.4. The molecule has 0 saturated heterocycles. The van der Waals surface area contributed by atoms with E-state index >= 15 is 0 Å². The Kier molecular flexibility index (Phi) is 4.86. The van der Waals surface area contributed by atoms with Crippen LogP contribution in [0.1, 0.15) is 51.7 Å². The van der Waals surface area contributed by atoms with Crippen molar-refractivity contribution in [3.8, 4) is 6.07 Å². The summed E-state index contributed by atoms with van der Waals surface area (Å²) in [6.45, 7) is 0.394. The van der Waals surface area contributed by atoms with E-state index < -0.39 is 0 Å². The second kappa shape index (κ2) is 7.85. The number of nitriles is 1. The van der Waals surface area contributed by atoms with E-state index in [0.29, 0.717) is 41.5 Å². The van der Waals surface area contributed by atoms with Gasteiger partial charge < -0.3 is 20.5 Å². The molecule has 1 aromatic heterocycles. The number of aromatic nitrogens is 1. The van der Waals surface area contributed by atoms with E-state index in [4.69, 9.17) is 5.26 Å². The van der Waals surface area contributed by atoms with Gasteiger partial charge in [0.1, 0.15) is 5.69 Å². The van der Waals surface area contributed by atoms with Gasteiger partial charge in [-0.2, -0.15) is 5.26 Å². The summed E-state index contributed by atoms with van der Waals surface area (Å²) in [6, 6.07) is 15.8. The summed E-state index contributed by atoms with van der Waals surface area (Å²) in [4.78, 5) is 37.4. The van der Waals surface area contributed by atoms with Crippen LogP contribution in [-0.4, -0.2) is 34.9 Å². The molecule has 2 aliphatic rings. The van der Waals surface area contributed by atoms with Crippen molar-refractivity contribution in [2.75, 3.05) is 11.9 Å². The largest absolute Gasteiger partial charge is 0.353 e. The van der Waals surface area contributed by atoms with E-state index in [9.17, 15) is 14.4 Å². The minimum absolute atomic E-state index is 0.00671. The first-order valence-electron chi connectivity index (χ1n) is 10.6. The lowest BCUT2D eigenvalue weighted by Gasteiger charge is -2.27. The van der Waals surface area contributed by atoms with Crippen LogP contribution in [0.25, 0.3) is 10.9 Å². The van der Waals surface area contributed by atoms with Gasteiger partial charge in [-0.15, -0.1) is 0 Å². The zero-order valence-electron chi connectivity index (χ0n) is 17.2. The Morgan fingerprint density at radius 1 is 1.12 bits per heavy atom. The Hall–Kier alpha value is -4.12. The van der Waals surface area contributed by atoms with Gasteiger partial charge in [-0.3, -0.25) is 14.4 Å². The van der Waals surface area contributed by atoms with Crippen molar-refractivity contribution in [2.45, 2.75) is 31.3 Å². The molecular weight excluding hydrogens is 406 g/mol. The van der Waals surface area contributed by atoms with Crippen molar-refractivity contribution in [3.05, 3.63) is 65.4 Å². The molecule has 1 fully saturated rings. The quantitative estimate of drug-likeness (QED) is 0.580. The minimum atomic E-state index is -0.287. The van der Waals surface area contributed by atoms with Crippen molar-refractivity contribution in [2.24, 2.45) is 0 Å². The summed E-state index contributed by atoms with van der Waals surface area (Å²) in [7, 11) is 0. The van der Waals surface area contributed by atoms with Gasteiger partial charge in [-0.1, -0.05) is 0 Å². The van der Waals surface area contributed by atoms with Crippen molar-refractivity contribution in [1.29, 1.82) is 5.26 Å². The molecule has 0 spiro atoms. The summed E-state index contributed by atoms with van der Waals surface area (Å²) < 4.78 is 1.92. The van der Waals surface area contributed by atoms with Crippen LogP contribution in [0.2, 0.25) is 0 Å². The number of nitrogens with zero attached hydrogens (tertiary/aromatic N) is 2. The van der Waals surface area contributed by atoms with E-state index in [2.05, 4.69) is 16.0 Å². The predicted molar refractivity (Wildman–Crippen MR) is 118 cm³/mol. The Bertz CT molecular complexity index is 1280. The molecule has 3 N–H and O–H groups in total. The van der Waals surface area contributed by atoms with Crippen LogP contribution in [0.5, 0.6) is 0 Å². The van der Waals surface area contributed by atoms with E-state index in [1.54, 1.807) is 36.4 Å². The Balaban J connectivity index is 1.40. The zero-order valence-corrected chi connectivity index (χ0v) is 17.2. The van der Waals surface area contributed by atoms with Crippen LogP contribution in [0.15, 0.2) is 48.5 Å². The highest BCUT2D eigenvalue weighted by atomic mass is 16.2. The van der Waals surface area contributed by atoms with Crippen LogP contribution in [-0.2, 0) is 4.79 Å². The third kappa shape index (κ3) is 3.81. The molecule has 8 heteroatoms. The summed E-state index contributed by atoms with van der Waals surface area (Å²) in [5.74, 6) is -0.471. The molecule has 1 aliphatic carbocycles. The molecule has 5 rings (SSSR count). The van der Waals surface area contributed by atoms with Crippen LogP contribution in [0.3, 0.4) is 0 Å². The average molecular weight is 427 g/mol. The number of hydrogen-bond donors (Lipinski definition) is 3. The van der Waals surface area contributed by atoms with Gasteiger partial charge in [0.2, 0.25) is 5.91 Å². The van der Waals surface area contributed by atoms with Gasteiger partial charge in [0.15, 0.2) is 0 Å². The lowest BCUT2D eigenvalue weighted by Crippen LogP contribution is -2.41. The highest BCUT2D eigenvalue weighted by Gasteiger charge is 2.30. The van der Waals surface area contributed by atoms with Crippen LogP contribution < -0.4 is 16.0 Å². The Morgan fingerprint density at radius 3 is 2.62 bits per heavy atom. The fraction of sp³-hybridized carbons (Fsp3) is 0.250. The van der Waals surface area contributed by atoms with E-state index in [1.807, 2.05) is 22.8 Å². The number of nitrogens with one attached hydrogen (secondary N) is 3. The second-order valence-electron chi connectivity index (χ2n) is 8.23. The number of rotatable bonds is 5. The number of benzene rings is 2. The lowest BCUT2D eigenvalue weighted by atomic mass is 10.1. The van der Waals surface area contributed by atoms with Gasteiger partial charge in [0.25, 0.3) is 11.8 Å². The topological polar surface area (TPSA) is 116 Å². The maximum absolute atomic E-state index is 12.6. The SMILES string of the molecule is N#Cc1ccc(C(=O)Nc2ccc3c(c2)cc2n3C(CC(=O)NC3CC3)CNC2=O)cc1. The van der Waals surface area contributed by atoms with Crippen molar-refractivity contribution in [3.63, 3.8) is 0 Å². The van der Waals surface area contributed by atoms with Crippen LogP contribution in [0.4, 0.5) is 5.69 Å². The number of anilines is 1. The Morgan fingerprint density at radius 2 is 1.91 bits per heavy atom. The van der Waals surface area contributed by atoms with Crippen LogP contribution >= 0.6 is 0 Å². The first-order valence-corrected chi connectivity index (χ1v) is 10.6. The number of hydrogen-bond acceptors (Lipinski definition) is 4. The first kappa shape index (κ1) is 19.8. The monoisotopic (exact) mass is 427 g/mol. The molecule has 3 aromatic rings. The number of carbonyl (C=O) groups excluding carboxylic acids is 3. The molecule has 2 heterocycles. The summed E-state index contributed by atoms with van der Waals surface area (Å²) in [6.07, 6.45) is 2.36. The molecule has 8 nitrogen and oxygen atoms in total. The third-order valence-electron chi connectivity index (χ3n) is 5.83. The van der Waals surface area contributed by atoms with Gasteiger partial charge >= 0.3 is 0 Å². The molecule has 0 bridgehead atoms. The van der Waals surface area contributed by atoms with Crippen LogP contribution in [0, 0.1) is 11.3 Å². The van der Waals surface area contributed by atoms with Gasteiger partial charge in [-0.05, 0) is 61.4 Å². The smallest absolute Gasteiger partial charge is 0.268 e. The maximum Gasteiger partial charge on any atom is 0.268 e. The van der Waals surface area contributed by atoms with Crippen molar-refractivity contribution >= 4 is 34.3 Å². The minimum Gasteiger partial charge on any atom is -0.353 e. The standard InChI is InChI=1S/C24H21N5O3/c25-12-14-1-3-15(4-2-14)23(31)28-18-7-8-20-16(9-18)10-21-24(32)26-13-19(29(20)21)11-22(30)27-17-5-6-17/h1-4,7-10,17,19H,5-6,11,13H2,(H,26,32)(H,27,30)(H,28,31). The van der Waals surface area contributed by atoms with E-state index in [1.165, 1.54) is 0 Å². The zero-order chi connectivity index (χ0) is 22.2. The first-order chi connectivity index (χ1) is 15.5.